The second-order valence-corrected chi connectivity index (χ2v) is 5.81. The first-order valence-electron chi connectivity index (χ1n) is 6.44. The highest BCUT2D eigenvalue weighted by molar-refractivity contribution is 9.10. The van der Waals surface area contributed by atoms with E-state index in [0.29, 0.717) is 0 Å². The van der Waals surface area contributed by atoms with Crippen LogP contribution >= 0.6 is 15.9 Å². The van der Waals surface area contributed by atoms with E-state index in [9.17, 15) is 0 Å². The molecule has 0 bridgehead atoms. The average molecular weight is 297 g/mol. The molecule has 0 saturated heterocycles. The van der Waals surface area contributed by atoms with Gasteiger partial charge in [0.2, 0.25) is 0 Å². The highest BCUT2D eigenvalue weighted by Gasteiger charge is 2.19. The molecular formula is C14H21BrN2. The van der Waals surface area contributed by atoms with Gasteiger partial charge in [0.15, 0.2) is 0 Å². The summed E-state index contributed by atoms with van der Waals surface area (Å²) in [6.07, 6.45) is 5.32. The standard InChI is InChI=1S/C14H21BrN2/c1-16-13-7-5-11(6-8-13)10-17-14-4-2-3-12(15)9-14/h2-4,9,11,13,16-17H,5-8,10H2,1H3. The van der Waals surface area contributed by atoms with Gasteiger partial charge in [0, 0.05) is 22.7 Å². The quantitative estimate of drug-likeness (QED) is 0.886. The summed E-state index contributed by atoms with van der Waals surface area (Å²) in [5, 5.41) is 6.92. The number of nitrogens with one attached hydrogen (secondary N) is 2. The molecule has 2 nitrogen and oxygen atoms in total. The van der Waals surface area contributed by atoms with E-state index in [1.54, 1.807) is 0 Å². The molecule has 1 aliphatic carbocycles. The van der Waals surface area contributed by atoms with E-state index < -0.39 is 0 Å². The molecule has 0 heterocycles. The Morgan fingerprint density at radius 3 is 2.65 bits per heavy atom. The molecule has 0 spiro atoms. The Bertz CT molecular complexity index is 346. The first-order chi connectivity index (χ1) is 8.28. The largest absolute Gasteiger partial charge is 0.385 e. The van der Waals surface area contributed by atoms with Crippen molar-refractivity contribution in [1.82, 2.24) is 5.32 Å². The fourth-order valence-corrected chi connectivity index (χ4v) is 2.92. The maximum absolute atomic E-state index is 3.54. The Balaban J connectivity index is 1.76. The van der Waals surface area contributed by atoms with Gasteiger partial charge in [-0.05, 0) is 56.8 Å². The smallest absolute Gasteiger partial charge is 0.0351 e. The van der Waals surface area contributed by atoms with Crippen LogP contribution in [0.15, 0.2) is 28.7 Å². The lowest BCUT2D eigenvalue weighted by Crippen LogP contribution is -2.32. The van der Waals surface area contributed by atoms with Gasteiger partial charge in [-0.1, -0.05) is 22.0 Å². The van der Waals surface area contributed by atoms with Gasteiger partial charge in [0.1, 0.15) is 0 Å². The maximum Gasteiger partial charge on any atom is 0.0351 e. The van der Waals surface area contributed by atoms with Crippen LogP contribution in [-0.4, -0.2) is 19.6 Å². The lowest BCUT2D eigenvalue weighted by atomic mass is 9.86. The molecule has 3 heteroatoms. The molecule has 0 atom stereocenters. The third-order valence-corrected chi connectivity index (χ3v) is 4.17. The highest BCUT2D eigenvalue weighted by Crippen LogP contribution is 2.25. The fraction of sp³-hybridized carbons (Fsp3) is 0.571. The van der Waals surface area contributed by atoms with E-state index in [0.717, 1.165) is 23.0 Å². The van der Waals surface area contributed by atoms with E-state index in [2.05, 4.69) is 57.9 Å². The second kappa shape index (κ2) is 6.41. The SMILES string of the molecule is CNC1CCC(CNc2cccc(Br)c2)CC1. The molecule has 94 valence electrons. The van der Waals surface area contributed by atoms with Crippen molar-refractivity contribution in [3.63, 3.8) is 0 Å². The number of hydrogen-bond donors (Lipinski definition) is 2. The van der Waals surface area contributed by atoms with Crippen LogP contribution in [0, 0.1) is 5.92 Å². The molecule has 2 N–H and O–H groups in total. The van der Waals surface area contributed by atoms with Crippen molar-refractivity contribution in [1.29, 1.82) is 0 Å². The third-order valence-electron chi connectivity index (χ3n) is 3.67. The van der Waals surface area contributed by atoms with Crippen LogP contribution in [0.25, 0.3) is 0 Å². The Morgan fingerprint density at radius 2 is 2.00 bits per heavy atom. The average Bonchev–Trinajstić information content (AvgIpc) is 2.37. The van der Waals surface area contributed by atoms with Crippen LogP contribution in [0.2, 0.25) is 0 Å². The van der Waals surface area contributed by atoms with Gasteiger partial charge in [-0.25, -0.2) is 0 Å². The minimum absolute atomic E-state index is 0.747. The van der Waals surface area contributed by atoms with Gasteiger partial charge in [0.25, 0.3) is 0 Å². The van der Waals surface area contributed by atoms with Gasteiger partial charge in [-0.2, -0.15) is 0 Å². The van der Waals surface area contributed by atoms with Crippen molar-refractivity contribution in [2.24, 2.45) is 5.92 Å². The topological polar surface area (TPSA) is 24.1 Å². The van der Waals surface area contributed by atoms with Gasteiger partial charge >= 0.3 is 0 Å². The van der Waals surface area contributed by atoms with Gasteiger partial charge in [-0.3, -0.25) is 0 Å². The maximum atomic E-state index is 3.54. The fourth-order valence-electron chi connectivity index (χ4n) is 2.52. The number of halogens is 1. The van der Waals surface area contributed by atoms with Crippen molar-refractivity contribution >= 4 is 21.6 Å². The Morgan fingerprint density at radius 1 is 1.24 bits per heavy atom. The van der Waals surface area contributed by atoms with E-state index in [1.807, 2.05) is 0 Å². The molecule has 0 aliphatic heterocycles. The minimum Gasteiger partial charge on any atom is -0.385 e. The molecule has 0 amide bonds. The number of hydrogen-bond acceptors (Lipinski definition) is 2. The first-order valence-corrected chi connectivity index (χ1v) is 7.24. The van der Waals surface area contributed by atoms with Crippen molar-refractivity contribution in [3.05, 3.63) is 28.7 Å². The van der Waals surface area contributed by atoms with Crippen LogP contribution in [0.5, 0.6) is 0 Å². The van der Waals surface area contributed by atoms with Gasteiger partial charge < -0.3 is 10.6 Å². The van der Waals surface area contributed by atoms with Crippen molar-refractivity contribution in [3.8, 4) is 0 Å². The number of anilines is 1. The third kappa shape index (κ3) is 4.00. The summed E-state index contributed by atoms with van der Waals surface area (Å²) < 4.78 is 1.14. The van der Waals surface area contributed by atoms with E-state index in [4.69, 9.17) is 0 Å². The van der Waals surface area contributed by atoms with Crippen LogP contribution < -0.4 is 10.6 Å². The predicted molar refractivity (Wildman–Crippen MR) is 77.4 cm³/mol. The summed E-state index contributed by atoms with van der Waals surface area (Å²) in [5.41, 5.74) is 1.22. The zero-order valence-electron chi connectivity index (χ0n) is 10.4. The second-order valence-electron chi connectivity index (χ2n) is 4.90. The van der Waals surface area contributed by atoms with Crippen molar-refractivity contribution in [2.75, 3.05) is 18.9 Å². The normalized spacial score (nSPS) is 24.6. The van der Waals surface area contributed by atoms with Crippen LogP contribution in [-0.2, 0) is 0 Å². The van der Waals surface area contributed by atoms with Gasteiger partial charge in [0.05, 0.1) is 0 Å². The van der Waals surface area contributed by atoms with E-state index >= 15 is 0 Å². The zero-order valence-corrected chi connectivity index (χ0v) is 12.0. The summed E-state index contributed by atoms with van der Waals surface area (Å²) in [6.45, 7) is 1.10. The Labute approximate surface area is 112 Å². The molecule has 1 fully saturated rings. The summed E-state index contributed by atoms with van der Waals surface area (Å²) in [4.78, 5) is 0. The molecule has 2 rings (SSSR count). The summed E-state index contributed by atoms with van der Waals surface area (Å²) >= 11 is 3.50. The zero-order chi connectivity index (χ0) is 12.1. The summed E-state index contributed by atoms with van der Waals surface area (Å²) in [7, 11) is 2.07. The molecule has 1 saturated carbocycles. The van der Waals surface area contributed by atoms with Gasteiger partial charge in [-0.15, -0.1) is 0 Å². The van der Waals surface area contributed by atoms with Crippen LogP contribution in [0.3, 0.4) is 0 Å². The molecule has 1 aliphatic rings. The summed E-state index contributed by atoms with van der Waals surface area (Å²) in [6, 6.07) is 9.15. The lowest BCUT2D eigenvalue weighted by Gasteiger charge is -2.28. The predicted octanol–water partition coefficient (Wildman–Crippen LogP) is 3.64. The molecule has 17 heavy (non-hydrogen) atoms. The number of rotatable bonds is 4. The molecular weight excluding hydrogens is 276 g/mol. The molecule has 1 aromatic carbocycles. The number of benzene rings is 1. The van der Waals surface area contributed by atoms with Crippen molar-refractivity contribution < 1.29 is 0 Å². The van der Waals surface area contributed by atoms with E-state index in [-0.39, 0.29) is 0 Å². The molecule has 0 unspecified atom stereocenters. The lowest BCUT2D eigenvalue weighted by molar-refractivity contribution is 0.312. The Kier molecular flexibility index (Phi) is 4.86. The molecule has 0 radical (unpaired) electrons. The minimum atomic E-state index is 0.747. The first kappa shape index (κ1) is 12.9. The highest BCUT2D eigenvalue weighted by atomic mass is 79.9. The summed E-state index contributed by atoms with van der Waals surface area (Å²) in [5.74, 6) is 0.832. The van der Waals surface area contributed by atoms with E-state index in [1.165, 1.54) is 31.4 Å². The van der Waals surface area contributed by atoms with Crippen LogP contribution in [0.1, 0.15) is 25.7 Å². The van der Waals surface area contributed by atoms with Crippen molar-refractivity contribution in [2.45, 2.75) is 31.7 Å². The van der Waals surface area contributed by atoms with Crippen LogP contribution in [0.4, 0.5) is 5.69 Å². The Hall–Kier alpha value is -0.540. The monoisotopic (exact) mass is 296 g/mol. The molecule has 0 aromatic heterocycles. The molecule has 1 aromatic rings.